The number of oxazole rings is 1. The first-order valence-electron chi connectivity index (χ1n) is 6.14. The molecule has 19 heavy (non-hydrogen) atoms. The Balaban J connectivity index is 2.14. The molecule has 0 bridgehead atoms. The first-order valence-corrected chi connectivity index (χ1v) is 6.14. The summed E-state index contributed by atoms with van der Waals surface area (Å²) in [6.07, 6.45) is 2.23. The molecule has 0 aliphatic carbocycles. The Bertz CT molecular complexity index is 572. The lowest BCUT2D eigenvalue weighted by molar-refractivity contribution is 0.102. The number of carbonyl (C=O) groups is 1. The summed E-state index contributed by atoms with van der Waals surface area (Å²) in [5.41, 5.74) is 6.44. The Morgan fingerprint density at radius 1 is 1.58 bits per heavy atom. The topological polar surface area (TPSA) is 99.0 Å². The highest BCUT2D eigenvalue weighted by Crippen LogP contribution is 2.12. The van der Waals surface area contributed by atoms with Crippen molar-refractivity contribution >= 4 is 11.7 Å². The average Bonchev–Trinajstić information content (AvgIpc) is 2.97. The lowest BCUT2D eigenvalue weighted by Crippen LogP contribution is -2.16. The monoisotopic (exact) mass is 263 g/mol. The molecule has 2 aromatic rings. The zero-order valence-electron chi connectivity index (χ0n) is 11.0. The first kappa shape index (κ1) is 13.3. The lowest BCUT2D eigenvalue weighted by atomic mass is 10.4. The van der Waals surface area contributed by atoms with E-state index < -0.39 is 0 Å². The van der Waals surface area contributed by atoms with Gasteiger partial charge in [-0.25, -0.2) is 9.67 Å². The second kappa shape index (κ2) is 5.66. The van der Waals surface area contributed by atoms with Crippen LogP contribution in [0.3, 0.4) is 0 Å². The summed E-state index contributed by atoms with van der Waals surface area (Å²) in [5.74, 6) is 0.658. The summed E-state index contributed by atoms with van der Waals surface area (Å²) in [6.45, 7) is 4.84. The van der Waals surface area contributed by atoms with Crippen molar-refractivity contribution in [1.29, 1.82) is 0 Å². The fraction of sp³-hybridized carbons (Fsp3) is 0.417. The van der Waals surface area contributed by atoms with Crippen molar-refractivity contribution < 1.29 is 9.21 Å². The van der Waals surface area contributed by atoms with Gasteiger partial charge in [0.2, 0.25) is 5.89 Å². The number of nitrogens with zero attached hydrogens (tertiary/aromatic N) is 3. The summed E-state index contributed by atoms with van der Waals surface area (Å²) < 4.78 is 6.80. The number of anilines is 1. The van der Waals surface area contributed by atoms with Crippen molar-refractivity contribution in [2.75, 3.05) is 5.32 Å². The van der Waals surface area contributed by atoms with Crippen molar-refractivity contribution in [3.63, 3.8) is 0 Å². The highest BCUT2D eigenvalue weighted by atomic mass is 16.3. The molecule has 7 nitrogen and oxygen atoms in total. The van der Waals surface area contributed by atoms with E-state index in [2.05, 4.69) is 15.4 Å². The number of carbonyl (C=O) groups excluding carboxylic acids is 1. The molecular formula is C12H17N5O2. The summed E-state index contributed by atoms with van der Waals surface area (Å²) in [6, 6.07) is 1.82. The van der Waals surface area contributed by atoms with Crippen molar-refractivity contribution in [2.24, 2.45) is 5.73 Å². The van der Waals surface area contributed by atoms with Crippen molar-refractivity contribution in [3.8, 4) is 0 Å². The fourth-order valence-corrected chi connectivity index (χ4v) is 1.72. The molecule has 102 valence electrons. The molecule has 0 aliphatic heterocycles. The van der Waals surface area contributed by atoms with Gasteiger partial charge in [-0.2, -0.15) is 5.10 Å². The van der Waals surface area contributed by atoms with Crippen LogP contribution in [0.15, 0.2) is 16.7 Å². The van der Waals surface area contributed by atoms with Crippen LogP contribution in [0, 0.1) is 6.92 Å². The zero-order chi connectivity index (χ0) is 13.8. The second-order valence-electron chi connectivity index (χ2n) is 4.18. The van der Waals surface area contributed by atoms with E-state index in [4.69, 9.17) is 10.2 Å². The quantitative estimate of drug-likeness (QED) is 0.847. The van der Waals surface area contributed by atoms with Crippen LogP contribution in [0.4, 0.5) is 5.82 Å². The standard InChI is InChI=1S/C12H17N5O2/c1-3-4-17-10(5-8(2)16-17)15-12(18)9-7-19-11(6-13)14-9/h5,7H,3-4,6,13H2,1-2H3,(H,15,18). The Morgan fingerprint density at radius 3 is 3.00 bits per heavy atom. The molecule has 1 amide bonds. The van der Waals surface area contributed by atoms with Gasteiger partial charge in [-0.05, 0) is 13.3 Å². The number of nitrogens with two attached hydrogens (primary N) is 1. The minimum atomic E-state index is -0.333. The van der Waals surface area contributed by atoms with Gasteiger partial charge in [0.1, 0.15) is 12.1 Å². The van der Waals surface area contributed by atoms with E-state index >= 15 is 0 Å². The normalized spacial score (nSPS) is 10.7. The molecular weight excluding hydrogens is 246 g/mol. The van der Waals surface area contributed by atoms with Crippen molar-refractivity contribution in [3.05, 3.63) is 29.6 Å². The molecule has 0 fully saturated rings. The maximum Gasteiger partial charge on any atom is 0.278 e. The van der Waals surface area contributed by atoms with E-state index in [-0.39, 0.29) is 18.1 Å². The van der Waals surface area contributed by atoms with Crippen molar-refractivity contribution in [2.45, 2.75) is 33.4 Å². The summed E-state index contributed by atoms with van der Waals surface area (Å²) in [7, 11) is 0. The number of aromatic nitrogens is 3. The Labute approximate surface area is 110 Å². The van der Waals surface area contributed by atoms with Crippen LogP contribution in [0.5, 0.6) is 0 Å². The number of amides is 1. The van der Waals surface area contributed by atoms with Crippen LogP contribution in [-0.2, 0) is 13.1 Å². The fourth-order valence-electron chi connectivity index (χ4n) is 1.72. The molecule has 0 aromatic carbocycles. The Morgan fingerprint density at radius 2 is 2.37 bits per heavy atom. The van der Waals surface area contributed by atoms with E-state index in [0.29, 0.717) is 11.7 Å². The van der Waals surface area contributed by atoms with Gasteiger partial charge in [-0.3, -0.25) is 4.79 Å². The predicted octanol–water partition coefficient (Wildman–Crippen LogP) is 1.30. The van der Waals surface area contributed by atoms with Gasteiger partial charge >= 0.3 is 0 Å². The minimum Gasteiger partial charge on any atom is -0.447 e. The number of aryl methyl sites for hydroxylation is 2. The van der Waals surface area contributed by atoms with E-state index in [1.165, 1.54) is 6.26 Å². The summed E-state index contributed by atoms with van der Waals surface area (Å²) in [5, 5.41) is 7.07. The molecule has 0 unspecified atom stereocenters. The third-order valence-electron chi connectivity index (χ3n) is 2.54. The van der Waals surface area contributed by atoms with Crippen LogP contribution in [0.2, 0.25) is 0 Å². The number of nitrogens with one attached hydrogen (secondary N) is 1. The van der Waals surface area contributed by atoms with Crippen LogP contribution in [-0.4, -0.2) is 20.7 Å². The number of hydrogen-bond acceptors (Lipinski definition) is 5. The van der Waals surface area contributed by atoms with Gasteiger partial charge in [0.05, 0.1) is 12.2 Å². The molecule has 7 heteroatoms. The van der Waals surface area contributed by atoms with E-state index in [9.17, 15) is 4.79 Å². The van der Waals surface area contributed by atoms with E-state index in [0.717, 1.165) is 18.7 Å². The Kier molecular flexibility index (Phi) is 3.96. The van der Waals surface area contributed by atoms with Gasteiger partial charge in [0.25, 0.3) is 5.91 Å². The zero-order valence-corrected chi connectivity index (χ0v) is 11.0. The first-order chi connectivity index (χ1) is 9.13. The lowest BCUT2D eigenvalue weighted by Gasteiger charge is -2.06. The molecule has 0 spiro atoms. The van der Waals surface area contributed by atoms with Gasteiger partial charge < -0.3 is 15.5 Å². The largest absolute Gasteiger partial charge is 0.447 e. The second-order valence-corrected chi connectivity index (χ2v) is 4.18. The smallest absolute Gasteiger partial charge is 0.278 e. The molecule has 2 heterocycles. The molecule has 0 atom stereocenters. The number of hydrogen-bond donors (Lipinski definition) is 2. The van der Waals surface area contributed by atoms with Crippen LogP contribution in [0.25, 0.3) is 0 Å². The molecule has 0 radical (unpaired) electrons. The minimum absolute atomic E-state index is 0.167. The highest BCUT2D eigenvalue weighted by molar-refractivity contribution is 6.02. The average molecular weight is 263 g/mol. The third-order valence-corrected chi connectivity index (χ3v) is 2.54. The van der Waals surface area contributed by atoms with Crippen molar-refractivity contribution in [1.82, 2.24) is 14.8 Å². The van der Waals surface area contributed by atoms with E-state index in [1.807, 2.05) is 19.9 Å². The van der Waals surface area contributed by atoms with Gasteiger partial charge in [-0.15, -0.1) is 0 Å². The van der Waals surface area contributed by atoms with E-state index in [1.54, 1.807) is 4.68 Å². The molecule has 0 aliphatic rings. The number of rotatable bonds is 5. The molecule has 2 rings (SSSR count). The third kappa shape index (κ3) is 3.00. The predicted molar refractivity (Wildman–Crippen MR) is 69.6 cm³/mol. The summed E-state index contributed by atoms with van der Waals surface area (Å²) in [4.78, 5) is 16.0. The SMILES string of the molecule is CCCn1nc(C)cc1NC(=O)c1coc(CN)n1. The van der Waals surface area contributed by atoms with Gasteiger partial charge in [0.15, 0.2) is 5.69 Å². The molecule has 2 aromatic heterocycles. The molecule has 0 saturated carbocycles. The highest BCUT2D eigenvalue weighted by Gasteiger charge is 2.14. The maximum atomic E-state index is 12.0. The maximum absolute atomic E-state index is 12.0. The van der Waals surface area contributed by atoms with Crippen LogP contribution < -0.4 is 11.1 Å². The van der Waals surface area contributed by atoms with Crippen LogP contribution in [0.1, 0.15) is 35.4 Å². The molecule has 3 N–H and O–H groups in total. The van der Waals surface area contributed by atoms with Gasteiger partial charge in [0, 0.05) is 12.6 Å². The molecule has 0 saturated heterocycles. The van der Waals surface area contributed by atoms with Crippen LogP contribution >= 0.6 is 0 Å². The van der Waals surface area contributed by atoms with Gasteiger partial charge in [-0.1, -0.05) is 6.92 Å². The Hall–Kier alpha value is -2.15. The summed E-state index contributed by atoms with van der Waals surface area (Å²) >= 11 is 0.